The number of nitriles is 1. The van der Waals surface area contributed by atoms with Gasteiger partial charge in [0.05, 0.1) is 24.3 Å². The van der Waals surface area contributed by atoms with Gasteiger partial charge < -0.3 is 9.47 Å². The number of halogens is 1. The number of para-hydroxylation sites is 1. The second kappa shape index (κ2) is 6.78. The zero-order valence-electron chi connectivity index (χ0n) is 11.3. The lowest BCUT2D eigenvalue weighted by molar-refractivity contribution is 0.111. The van der Waals surface area contributed by atoms with Crippen LogP contribution in [0.25, 0.3) is 0 Å². The molecule has 0 unspecified atom stereocenters. The number of aldehydes is 1. The first-order chi connectivity index (χ1) is 10.2. The van der Waals surface area contributed by atoms with E-state index in [-0.39, 0.29) is 6.61 Å². The first-order valence-electron chi connectivity index (χ1n) is 6.13. The highest BCUT2D eigenvalue weighted by Gasteiger charge is 2.11. The monoisotopic (exact) mass is 301 g/mol. The zero-order chi connectivity index (χ0) is 15.2. The van der Waals surface area contributed by atoms with Crippen LogP contribution in [0.1, 0.15) is 21.5 Å². The highest BCUT2D eigenvalue weighted by atomic mass is 35.5. The second-order valence-electron chi connectivity index (χ2n) is 4.20. The van der Waals surface area contributed by atoms with Gasteiger partial charge in [-0.1, -0.05) is 23.7 Å². The number of carbonyl (C=O) groups is 1. The summed E-state index contributed by atoms with van der Waals surface area (Å²) in [4.78, 5) is 11.1. The minimum atomic E-state index is 0.172. The van der Waals surface area contributed by atoms with Gasteiger partial charge in [-0.2, -0.15) is 5.26 Å². The summed E-state index contributed by atoms with van der Waals surface area (Å²) in [6, 6.07) is 12.0. The fourth-order valence-corrected chi connectivity index (χ4v) is 2.06. The number of methoxy groups -OCH3 is 1. The molecule has 2 aromatic rings. The standard InChI is InChI=1S/C16H12ClNO3/c1-20-15-4-2-3-12(9-19)16(15)21-10-13-6-5-11(8-18)7-14(13)17/h2-7,9H,10H2,1H3. The van der Waals surface area contributed by atoms with Crippen molar-refractivity contribution in [2.75, 3.05) is 7.11 Å². The van der Waals surface area contributed by atoms with Crippen LogP contribution in [0.15, 0.2) is 36.4 Å². The molecule has 0 spiro atoms. The molecular formula is C16H12ClNO3. The summed E-state index contributed by atoms with van der Waals surface area (Å²) in [5, 5.41) is 9.24. The van der Waals surface area contributed by atoms with Gasteiger partial charge in [-0.3, -0.25) is 4.79 Å². The van der Waals surface area contributed by atoms with Crippen molar-refractivity contribution in [3.05, 3.63) is 58.1 Å². The molecule has 0 fully saturated rings. The van der Waals surface area contributed by atoms with Gasteiger partial charge in [0.25, 0.3) is 0 Å². The van der Waals surface area contributed by atoms with E-state index < -0.39 is 0 Å². The molecule has 0 saturated heterocycles. The highest BCUT2D eigenvalue weighted by molar-refractivity contribution is 6.31. The Balaban J connectivity index is 2.24. The third-order valence-electron chi connectivity index (χ3n) is 2.91. The molecule has 0 bridgehead atoms. The molecule has 2 aromatic carbocycles. The van der Waals surface area contributed by atoms with Crippen LogP contribution in [0.5, 0.6) is 11.5 Å². The average molecular weight is 302 g/mol. The Labute approximate surface area is 127 Å². The maximum absolute atomic E-state index is 11.1. The molecule has 0 aromatic heterocycles. The largest absolute Gasteiger partial charge is 0.493 e. The molecule has 0 atom stereocenters. The van der Waals surface area contributed by atoms with Crippen molar-refractivity contribution < 1.29 is 14.3 Å². The van der Waals surface area contributed by atoms with Crippen LogP contribution in [0.2, 0.25) is 5.02 Å². The molecule has 0 aliphatic heterocycles. The Morgan fingerprint density at radius 1 is 1.33 bits per heavy atom. The number of hydrogen-bond donors (Lipinski definition) is 0. The zero-order valence-corrected chi connectivity index (χ0v) is 12.1. The number of ether oxygens (including phenoxy) is 2. The van der Waals surface area contributed by atoms with E-state index in [0.717, 1.165) is 5.56 Å². The smallest absolute Gasteiger partial charge is 0.172 e. The van der Waals surface area contributed by atoms with Crippen molar-refractivity contribution in [2.24, 2.45) is 0 Å². The van der Waals surface area contributed by atoms with Crippen LogP contribution in [0.4, 0.5) is 0 Å². The summed E-state index contributed by atoms with van der Waals surface area (Å²) in [5.74, 6) is 0.847. The van der Waals surface area contributed by atoms with Crippen LogP contribution in [-0.2, 0) is 6.61 Å². The molecule has 0 heterocycles. The number of carbonyl (C=O) groups excluding carboxylic acids is 1. The van der Waals surface area contributed by atoms with Crippen LogP contribution in [0.3, 0.4) is 0 Å². The topological polar surface area (TPSA) is 59.3 Å². The first kappa shape index (κ1) is 14.9. The average Bonchev–Trinajstić information content (AvgIpc) is 2.53. The molecule has 0 aliphatic rings. The Morgan fingerprint density at radius 3 is 2.76 bits per heavy atom. The van der Waals surface area contributed by atoms with Gasteiger partial charge in [0.2, 0.25) is 0 Å². The van der Waals surface area contributed by atoms with E-state index in [9.17, 15) is 4.79 Å². The van der Waals surface area contributed by atoms with Gasteiger partial charge in [-0.25, -0.2) is 0 Å². The second-order valence-corrected chi connectivity index (χ2v) is 4.61. The Hall–Kier alpha value is -2.51. The van der Waals surface area contributed by atoms with E-state index in [1.54, 1.807) is 36.4 Å². The summed E-state index contributed by atoms with van der Waals surface area (Å²) in [5.41, 5.74) is 1.60. The van der Waals surface area contributed by atoms with Gasteiger partial charge in [0.15, 0.2) is 17.8 Å². The van der Waals surface area contributed by atoms with E-state index in [4.69, 9.17) is 26.3 Å². The molecule has 0 radical (unpaired) electrons. The summed E-state index contributed by atoms with van der Waals surface area (Å²) in [6.07, 6.45) is 0.707. The molecule has 0 saturated carbocycles. The van der Waals surface area contributed by atoms with E-state index in [1.165, 1.54) is 7.11 Å². The first-order valence-corrected chi connectivity index (χ1v) is 6.51. The van der Waals surface area contributed by atoms with Crippen molar-refractivity contribution in [1.82, 2.24) is 0 Å². The normalized spacial score (nSPS) is 9.76. The van der Waals surface area contributed by atoms with E-state index >= 15 is 0 Å². The van der Waals surface area contributed by atoms with Crippen molar-refractivity contribution in [3.63, 3.8) is 0 Å². The van der Waals surface area contributed by atoms with Crippen LogP contribution in [0, 0.1) is 11.3 Å². The summed E-state index contributed by atoms with van der Waals surface area (Å²) in [6.45, 7) is 0.172. The molecule has 0 amide bonds. The predicted molar refractivity (Wildman–Crippen MR) is 78.9 cm³/mol. The molecule has 4 nitrogen and oxygen atoms in total. The highest BCUT2D eigenvalue weighted by Crippen LogP contribution is 2.31. The third-order valence-corrected chi connectivity index (χ3v) is 3.26. The van der Waals surface area contributed by atoms with Crippen LogP contribution < -0.4 is 9.47 Å². The van der Waals surface area contributed by atoms with Crippen molar-refractivity contribution in [1.29, 1.82) is 5.26 Å². The van der Waals surface area contributed by atoms with Crippen molar-refractivity contribution in [3.8, 4) is 17.6 Å². The van der Waals surface area contributed by atoms with Gasteiger partial charge >= 0.3 is 0 Å². The number of rotatable bonds is 5. The molecule has 0 N–H and O–H groups in total. The van der Waals surface area contributed by atoms with Gasteiger partial charge in [-0.05, 0) is 24.3 Å². The van der Waals surface area contributed by atoms with Gasteiger partial charge in [0, 0.05) is 10.6 Å². The molecule has 2 rings (SSSR count). The van der Waals surface area contributed by atoms with Gasteiger partial charge in [-0.15, -0.1) is 0 Å². The minimum absolute atomic E-state index is 0.172. The fourth-order valence-electron chi connectivity index (χ4n) is 1.82. The Kier molecular flexibility index (Phi) is 4.81. The Bertz CT molecular complexity index is 707. The quantitative estimate of drug-likeness (QED) is 0.792. The number of nitrogens with zero attached hydrogens (tertiary/aromatic N) is 1. The van der Waals surface area contributed by atoms with E-state index in [1.807, 2.05) is 6.07 Å². The molecule has 21 heavy (non-hydrogen) atoms. The Morgan fingerprint density at radius 2 is 2.14 bits per heavy atom. The lowest BCUT2D eigenvalue weighted by atomic mass is 10.1. The molecule has 0 aliphatic carbocycles. The number of benzene rings is 2. The maximum atomic E-state index is 11.1. The lowest BCUT2D eigenvalue weighted by Crippen LogP contribution is -2.01. The molecule has 5 heteroatoms. The van der Waals surface area contributed by atoms with Crippen LogP contribution >= 0.6 is 11.6 Å². The lowest BCUT2D eigenvalue weighted by Gasteiger charge is -2.13. The SMILES string of the molecule is COc1cccc(C=O)c1OCc1ccc(C#N)cc1Cl. The third kappa shape index (κ3) is 3.33. The molecule has 106 valence electrons. The molecular weight excluding hydrogens is 290 g/mol. The van der Waals surface area contributed by atoms with Crippen molar-refractivity contribution >= 4 is 17.9 Å². The summed E-state index contributed by atoms with van der Waals surface area (Å²) in [7, 11) is 1.51. The number of hydrogen-bond acceptors (Lipinski definition) is 4. The predicted octanol–water partition coefficient (Wildman–Crippen LogP) is 3.61. The maximum Gasteiger partial charge on any atom is 0.172 e. The summed E-state index contributed by atoms with van der Waals surface area (Å²) >= 11 is 6.09. The van der Waals surface area contributed by atoms with E-state index in [2.05, 4.69) is 0 Å². The van der Waals surface area contributed by atoms with Gasteiger partial charge in [0.1, 0.15) is 6.61 Å². The fraction of sp³-hybridized carbons (Fsp3) is 0.125. The van der Waals surface area contributed by atoms with Crippen LogP contribution in [-0.4, -0.2) is 13.4 Å². The summed E-state index contributed by atoms with van der Waals surface area (Å²) < 4.78 is 10.8. The van der Waals surface area contributed by atoms with Crippen molar-refractivity contribution in [2.45, 2.75) is 6.61 Å². The van der Waals surface area contributed by atoms with E-state index in [0.29, 0.717) is 33.9 Å². The minimum Gasteiger partial charge on any atom is -0.493 e.